The first kappa shape index (κ1) is 18.0. The zero-order valence-corrected chi connectivity index (χ0v) is 20.0. The fraction of sp³-hybridized carbons (Fsp3) is 0.0345. The van der Waals surface area contributed by atoms with Crippen molar-refractivity contribution in [3.05, 3.63) is 79.3 Å². The van der Waals surface area contributed by atoms with Crippen molar-refractivity contribution in [2.45, 2.75) is 0 Å². The minimum Gasteiger partial charge on any atom is -0.448 e. The highest BCUT2D eigenvalue weighted by molar-refractivity contribution is 6.11. The standard InChI is InChI=1S/C29H16N7O2/c1-32-26-27(31-13-12-30-26)35-28(32)17-6-3-9-20-24(17)36(35)25-21(38-20)11-10-19-23(25)34-22-15(5-2-8-18(22)37-19)16-7-4-14-33(36)29(16)34/h2-14H,1H3/q+3. The Morgan fingerprint density at radius 3 is 2.63 bits per heavy atom. The van der Waals surface area contributed by atoms with Crippen LogP contribution in [0.3, 0.4) is 0 Å². The molecule has 9 heteroatoms. The average Bonchev–Trinajstić information content (AvgIpc) is 3.57. The van der Waals surface area contributed by atoms with Crippen molar-refractivity contribution in [1.82, 2.24) is 24.0 Å². The second kappa shape index (κ2) is 5.36. The Kier molecular flexibility index (Phi) is 2.55. The van der Waals surface area contributed by atoms with Gasteiger partial charge in [0, 0.05) is 5.39 Å². The Morgan fingerprint density at radius 1 is 0.816 bits per heavy atom. The van der Waals surface area contributed by atoms with Gasteiger partial charge < -0.3 is 9.15 Å². The van der Waals surface area contributed by atoms with Gasteiger partial charge in [-0.2, -0.15) is 4.40 Å². The smallest absolute Gasteiger partial charge is 0.350 e. The number of ether oxygens (including phenoxy) is 1. The number of hydrogen-bond acceptors (Lipinski definition) is 4. The minimum atomic E-state index is 0.238. The fourth-order valence-electron chi connectivity index (χ4n) is 7.35. The molecule has 0 N–H and O–H groups in total. The molecule has 0 amide bonds. The summed E-state index contributed by atoms with van der Waals surface area (Å²) in [5, 5.41) is 2.32. The number of quaternary nitrogens is 1. The number of pyridine rings is 1. The van der Waals surface area contributed by atoms with Crippen LogP contribution < -0.4 is 18.4 Å². The lowest BCUT2D eigenvalue weighted by molar-refractivity contribution is -0.636. The Morgan fingerprint density at radius 2 is 1.66 bits per heavy atom. The average molecular weight is 494 g/mol. The van der Waals surface area contributed by atoms with Crippen molar-refractivity contribution in [3.63, 3.8) is 0 Å². The first-order valence-corrected chi connectivity index (χ1v) is 12.6. The number of aryl methyl sites for hydroxylation is 1. The summed E-state index contributed by atoms with van der Waals surface area (Å²) in [6.07, 6.45) is 5.69. The number of nitrogens with zero attached hydrogens (tertiary/aromatic N) is 7. The number of para-hydroxylation sites is 2. The topological polar surface area (TPSA) is 66.0 Å². The second-order valence-corrected chi connectivity index (χ2v) is 10.2. The van der Waals surface area contributed by atoms with Gasteiger partial charge in [0.2, 0.25) is 11.3 Å². The van der Waals surface area contributed by atoms with Gasteiger partial charge in [0.05, 0.1) is 23.3 Å². The van der Waals surface area contributed by atoms with Gasteiger partial charge in [-0.3, -0.25) is 0 Å². The van der Waals surface area contributed by atoms with E-state index >= 15 is 0 Å². The summed E-state index contributed by atoms with van der Waals surface area (Å²) in [4.78, 5) is 9.64. The summed E-state index contributed by atoms with van der Waals surface area (Å²) in [7, 11) is 2.06. The molecule has 3 aliphatic heterocycles. The minimum absolute atomic E-state index is 0.238. The summed E-state index contributed by atoms with van der Waals surface area (Å²) < 4.78 is 22.7. The number of fused-ring (bicyclic) bond motifs is 5. The van der Waals surface area contributed by atoms with Crippen molar-refractivity contribution < 1.29 is 18.1 Å². The van der Waals surface area contributed by atoms with Gasteiger partial charge in [0.25, 0.3) is 5.69 Å². The summed E-state index contributed by atoms with van der Waals surface area (Å²) in [5.74, 6) is 2.63. The lowest BCUT2D eigenvalue weighted by Gasteiger charge is -2.33. The quantitative estimate of drug-likeness (QED) is 0.172. The van der Waals surface area contributed by atoms with Gasteiger partial charge in [-0.05, 0) is 57.9 Å². The van der Waals surface area contributed by atoms with E-state index in [2.05, 4.69) is 74.0 Å². The van der Waals surface area contributed by atoms with Crippen LogP contribution in [0.2, 0.25) is 0 Å². The van der Waals surface area contributed by atoms with E-state index in [0.717, 1.165) is 84.2 Å². The number of benzene rings is 3. The molecule has 1 spiro atoms. The third-order valence-corrected chi connectivity index (χ3v) is 8.58. The van der Waals surface area contributed by atoms with E-state index in [0.29, 0.717) is 0 Å². The van der Waals surface area contributed by atoms with E-state index in [1.54, 1.807) is 12.4 Å². The van der Waals surface area contributed by atoms with E-state index in [-0.39, 0.29) is 4.70 Å². The van der Waals surface area contributed by atoms with Crippen molar-refractivity contribution in [1.29, 1.82) is 0 Å². The van der Waals surface area contributed by atoms with E-state index in [1.165, 1.54) is 0 Å². The van der Waals surface area contributed by atoms with Gasteiger partial charge >= 0.3 is 28.5 Å². The van der Waals surface area contributed by atoms with Crippen molar-refractivity contribution in [3.8, 4) is 22.9 Å². The molecule has 38 heavy (non-hydrogen) atoms. The first-order valence-electron chi connectivity index (χ1n) is 12.6. The van der Waals surface area contributed by atoms with Crippen molar-refractivity contribution >= 4 is 61.3 Å². The Balaban J connectivity index is 1.55. The zero-order valence-electron chi connectivity index (χ0n) is 20.0. The maximum absolute atomic E-state index is 6.68. The zero-order chi connectivity index (χ0) is 24.5. The maximum Gasteiger partial charge on any atom is 0.350 e. The monoisotopic (exact) mass is 494 g/mol. The van der Waals surface area contributed by atoms with Crippen LogP contribution in [-0.4, -0.2) is 19.3 Å². The third-order valence-electron chi connectivity index (χ3n) is 8.58. The Bertz CT molecular complexity index is 2470. The molecule has 8 heterocycles. The molecule has 5 aromatic heterocycles. The molecule has 0 radical (unpaired) electrons. The van der Waals surface area contributed by atoms with Crippen molar-refractivity contribution in [2.75, 3.05) is 0 Å². The van der Waals surface area contributed by atoms with Gasteiger partial charge in [-0.1, -0.05) is 12.1 Å². The van der Waals surface area contributed by atoms with E-state index in [9.17, 15) is 0 Å². The molecule has 176 valence electrons. The molecule has 1 unspecified atom stereocenters. The summed E-state index contributed by atoms with van der Waals surface area (Å²) in [5.41, 5.74) is 9.55. The molecule has 8 aromatic rings. The third kappa shape index (κ3) is 1.54. The Labute approximate surface area is 212 Å². The molecule has 3 aliphatic rings. The summed E-state index contributed by atoms with van der Waals surface area (Å²) >= 11 is 0. The molecule has 1 atom stereocenters. The van der Waals surface area contributed by atoms with Crippen molar-refractivity contribution in [2.24, 2.45) is 7.05 Å². The molecular weight excluding hydrogens is 478 g/mol. The molecule has 3 aromatic carbocycles. The molecule has 0 aliphatic carbocycles. The highest BCUT2D eigenvalue weighted by Gasteiger charge is 2.68. The van der Waals surface area contributed by atoms with Crippen LogP contribution in [0.25, 0.3) is 61.3 Å². The molecule has 0 saturated heterocycles. The van der Waals surface area contributed by atoms with Gasteiger partial charge in [-0.15, -0.1) is 4.98 Å². The van der Waals surface area contributed by atoms with Gasteiger partial charge in [0.15, 0.2) is 28.6 Å². The fourth-order valence-corrected chi connectivity index (χ4v) is 7.35. The molecular formula is C29H16N7O2+3. The normalized spacial score (nSPS) is 17.9. The number of aromatic nitrogens is 6. The van der Waals surface area contributed by atoms with Crippen LogP contribution >= 0.6 is 0 Å². The number of hydrogen-bond donors (Lipinski definition) is 0. The highest BCUT2D eigenvalue weighted by atomic mass is 16.5. The number of imidazole rings is 1. The highest BCUT2D eigenvalue weighted by Crippen LogP contribution is 2.62. The predicted octanol–water partition coefficient (Wildman–Crippen LogP) is 4.81. The summed E-state index contributed by atoms with van der Waals surface area (Å²) in [6, 6.07) is 21.0. The molecule has 0 fully saturated rings. The lowest BCUT2D eigenvalue weighted by Crippen LogP contribution is -2.57. The SMILES string of the molecule is C[n+]1c2n(c3nccnc31)[N+]13c4c(cccc4-2)Oc2ccc4oc5cccc6c7cccn1c7[n+](c4c23)c56. The van der Waals surface area contributed by atoms with Crippen LogP contribution in [0.1, 0.15) is 0 Å². The van der Waals surface area contributed by atoms with Crippen LogP contribution in [-0.2, 0) is 7.05 Å². The van der Waals surface area contributed by atoms with Crippen LogP contribution in [0.5, 0.6) is 11.5 Å². The second-order valence-electron chi connectivity index (χ2n) is 10.2. The molecule has 11 rings (SSSR count). The van der Waals surface area contributed by atoms with Crippen LogP contribution in [0.4, 0.5) is 11.4 Å². The van der Waals surface area contributed by atoms with E-state index in [1.807, 2.05) is 18.2 Å². The van der Waals surface area contributed by atoms with E-state index in [4.69, 9.17) is 19.1 Å². The maximum atomic E-state index is 6.68. The number of rotatable bonds is 0. The van der Waals surface area contributed by atoms with Gasteiger partial charge in [-0.25, -0.2) is 9.55 Å². The largest absolute Gasteiger partial charge is 0.448 e. The molecule has 0 bridgehead atoms. The van der Waals surface area contributed by atoms with Crippen LogP contribution in [0.15, 0.2) is 83.7 Å². The predicted molar refractivity (Wildman–Crippen MR) is 139 cm³/mol. The Hall–Kier alpha value is -5.28. The molecule has 9 nitrogen and oxygen atoms in total. The van der Waals surface area contributed by atoms with Gasteiger partial charge in [0.1, 0.15) is 11.8 Å². The lowest BCUT2D eigenvalue weighted by atomic mass is 10.1. The van der Waals surface area contributed by atoms with E-state index < -0.39 is 0 Å². The summed E-state index contributed by atoms with van der Waals surface area (Å²) in [6.45, 7) is 0. The molecule has 0 saturated carbocycles. The first-order chi connectivity index (χ1) is 18.8. The van der Waals surface area contributed by atoms with Crippen LogP contribution in [0, 0.1) is 0 Å².